The van der Waals surface area contributed by atoms with Crippen molar-refractivity contribution in [1.82, 2.24) is 10.6 Å². The molecule has 0 aliphatic rings. The van der Waals surface area contributed by atoms with Crippen molar-refractivity contribution in [2.45, 2.75) is 19.6 Å². The monoisotopic (exact) mass is 280 g/mol. The minimum absolute atomic E-state index is 0.0463. The molecule has 5 nitrogen and oxygen atoms in total. The molecule has 0 aliphatic heterocycles. The van der Waals surface area contributed by atoms with Crippen LogP contribution in [0.1, 0.15) is 17.5 Å². The standard InChI is InChI=1S/C15H24N2O3/c1-19-10-9-17-15(18)7-8-16-11-13-3-5-14(6-4-13)12-20-2/h3-6,16H,7-12H2,1-2H3,(H,17,18). The molecular formula is C15H24N2O3. The summed E-state index contributed by atoms with van der Waals surface area (Å²) in [5.41, 5.74) is 2.36. The van der Waals surface area contributed by atoms with Gasteiger partial charge in [-0.1, -0.05) is 24.3 Å². The molecule has 0 bridgehead atoms. The van der Waals surface area contributed by atoms with Crippen LogP contribution in [0, 0.1) is 0 Å². The molecule has 5 heteroatoms. The van der Waals surface area contributed by atoms with Crippen LogP contribution in [0.25, 0.3) is 0 Å². The van der Waals surface area contributed by atoms with E-state index in [-0.39, 0.29) is 5.91 Å². The van der Waals surface area contributed by atoms with Crippen LogP contribution in [-0.4, -0.2) is 39.8 Å². The molecular weight excluding hydrogens is 256 g/mol. The maximum atomic E-state index is 11.4. The normalized spacial score (nSPS) is 10.5. The Hall–Kier alpha value is -1.43. The van der Waals surface area contributed by atoms with Gasteiger partial charge in [0, 0.05) is 40.3 Å². The summed E-state index contributed by atoms with van der Waals surface area (Å²) in [6.45, 7) is 3.18. The molecule has 0 saturated carbocycles. The van der Waals surface area contributed by atoms with Gasteiger partial charge in [-0.05, 0) is 11.1 Å². The van der Waals surface area contributed by atoms with Crippen LogP contribution >= 0.6 is 0 Å². The van der Waals surface area contributed by atoms with Crippen LogP contribution in [0.4, 0.5) is 0 Å². The van der Waals surface area contributed by atoms with Gasteiger partial charge in [-0.2, -0.15) is 0 Å². The Kier molecular flexibility index (Phi) is 8.62. The van der Waals surface area contributed by atoms with Gasteiger partial charge < -0.3 is 20.1 Å². The molecule has 1 aromatic carbocycles. The molecule has 20 heavy (non-hydrogen) atoms. The molecule has 0 unspecified atom stereocenters. The van der Waals surface area contributed by atoms with Crippen molar-refractivity contribution in [2.75, 3.05) is 33.9 Å². The maximum absolute atomic E-state index is 11.4. The van der Waals surface area contributed by atoms with Crippen LogP contribution in [0.3, 0.4) is 0 Å². The summed E-state index contributed by atoms with van der Waals surface area (Å²) < 4.78 is 9.93. The van der Waals surface area contributed by atoms with Gasteiger partial charge in [0.15, 0.2) is 0 Å². The quantitative estimate of drug-likeness (QED) is 0.630. The lowest BCUT2D eigenvalue weighted by Crippen LogP contribution is -2.29. The first-order valence-electron chi connectivity index (χ1n) is 6.79. The zero-order chi connectivity index (χ0) is 14.6. The highest BCUT2D eigenvalue weighted by Gasteiger charge is 2.00. The molecule has 112 valence electrons. The van der Waals surface area contributed by atoms with E-state index in [9.17, 15) is 4.79 Å². The SMILES string of the molecule is COCCNC(=O)CCNCc1ccc(COC)cc1. The predicted molar refractivity (Wildman–Crippen MR) is 78.4 cm³/mol. The van der Waals surface area contributed by atoms with Crippen molar-refractivity contribution in [3.05, 3.63) is 35.4 Å². The first-order chi connectivity index (χ1) is 9.76. The third-order valence-electron chi connectivity index (χ3n) is 2.82. The van der Waals surface area contributed by atoms with Crippen LogP contribution < -0.4 is 10.6 Å². The van der Waals surface area contributed by atoms with Gasteiger partial charge in [-0.15, -0.1) is 0 Å². The third-order valence-corrected chi connectivity index (χ3v) is 2.82. The van der Waals surface area contributed by atoms with E-state index in [2.05, 4.69) is 34.9 Å². The van der Waals surface area contributed by atoms with Gasteiger partial charge >= 0.3 is 0 Å². The van der Waals surface area contributed by atoms with Gasteiger partial charge in [0.2, 0.25) is 5.91 Å². The molecule has 0 heterocycles. The Morgan fingerprint density at radius 3 is 2.40 bits per heavy atom. The minimum Gasteiger partial charge on any atom is -0.383 e. The lowest BCUT2D eigenvalue weighted by molar-refractivity contribution is -0.121. The lowest BCUT2D eigenvalue weighted by atomic mass is 10.1. The van der Waals surface area contributed by atoms with E-state index in [4.69, 9.17) is 9.47 Å². The number of ether oxygens (including phenoxy) is 2. The van der Waals surface area contributed by atoms with Crippen LogP contribution in [-0.2, 0) is 27.4 Å². The fourth-order valence-corrected chi connectivity index (χ4v) is 1.74. The number of nitrogens with one attached hydrogen (secondary N) is 2. The van der Waals surface area contributed by atoms with Crippen molar-refractivity contribution in [2.24, 2.45) is 0 Å². The van der Waals surface area contributed by atoms with E-state index in [1.807, 2.05) is 0 Å². The molecule has 1 amide bonds. The second-order valence-corrected chi connectivity index (χ2v) is 4.52. The summed E-state index contributed by atoms with van der Waals surface area (Å²) in [6, 6.07) is 8.25. The highest BCUT2D eigenvalue weighted by Crippen LogP contribution is 2.05. The van der Waals surface area contributed by atoms with Gasteiger partial charge in [0.1, 0.15) is 0 Å². The van der Waals surface area contributed by atoms with Crippen LogP contribution in [0.5, 0.6) is 0 Å². The summed E-state index contributed by atoms with van der Waals surface area (Å²) in [7, 11) is 3.30. The van der Waals surface area contributed by atoms with Crippen LogP contribution in [0.15, 0.2) is 24.3 Å². The lowest BCUT2D eigenvalue weighted by Gasteiger charge is -2.07. The Labute approximate surface area is 120 Å². The number of amides is 1. The van der Waals surface area contributed by atoms with E-state index in [0.717, 1.165) is 12.1 Å². The molecule has 0 spiro atoms. The molecule has 0 radical (unpaired) electrons. The number of benzene rings is 1. The van der Waals surface area contributed by atoms with Crippen LogP contribution in [0.2, 0.25) is 0 Å². The second-order valence-electron chi connectivity index (χ2n) is 4.52. The first kappa shape index (κ1) is 16.6. The Morgan fingerprint density at radius 1 is 1.05 bits per heavy atom. The van der Waals surface area contributed by atoms with Crippen molar-refractivity contribution in [3.63, 3.8) is 0 Å². The zero-order valence-electron chi connectivity index (χ0n) is 12.3. The number of carbonyl (C=O) groups is 1. The summed E-state index contributed by atoms with van der Waals surface area (Å²) in [5, 5.41) is 6.04. The topological polar surface area (TPSA) is 59.6 Å². The van der Waals surface area contributed by atoms with Gasteiger partial charge in [0.25, 0.3) is 0 Å². The molecule has 1 rings (SSSR count). The number of hydrogen-bond donors (Lipinski definition) is 2. The van der Waals surface area contributed by atoms with E-state index in [1.165, 1.54) is 5.56 Å². The van der Waals surface area contributed by atoms with Crippen molar-refractivity contribution in [1.29, 1.82) is 0 Å². The maximum Gasteiger partial charge on any atom is 0.221 e. The van der Waals surface area contributed by atoms with E-state index in [1.54, 1.807) is 14.2 Å². The Morgan fingerprint density at radius 2 is 1.75 bits per heavy atom. The zero-order valence-corrected chi connectivity index (χ0v) is 12.3. The molecule has 2 N–H and O–H groups in total. The number of rotatable bonds is 10. The highest BCUT2D eigenvalue weighted by atomic mass is 16.5. The number of carbonyl (C=O) groups excluding carboxylic acids is 1. The van der Waals surface area contributed by atoms with Gasteiger partial charge in [-0.3, -0.25) is 4.79 Å². The first-order valence-corrected chi connectivity index (χ1v) is 6.79. The van der Waals surface area contributed by atoms with Gasteiger partial charge in [-0.25, -0.2) is 0 Å². The fraction of sp³-hybridized carbons (Fsp3) is 0.533. The Bertz CT molecular complexity index is 379. The summed E-state index contributed by atoms with van der Waals surface area (Å²) in [6.07, 6.45) is 0.478. The van der Waals surface area contributed by atoms with Crippen molar-refractivity contribution in [3.8, 4) is 0 Å². The average Bonchev–Trinajstić information content (AvgIpc) is 2.46. The third kappa shape index (κ3) is 7.23. The second kappa shape index (κ2) is 10.4. The van der Waals surface area contributed by atoms with E-state index >= 15 is 0 Å². The predicted octanol–water partition coefficient (Wildman–Crippen LogP) is 1.08. The van der Waals surface area contributed by atoms with Crippen molar-refractivity contribution < 1.29 is 14.3 Å². The summed E-state index contributed by atoms with van der Waals surface area (Å²) in [5.74, 6) is 0.0463. The molecule has 0 atom stereocenters. The molecule has 0 aliphatic carbocycles. The van der Waals surface area contributed by atoms with Gasteiger partial charge in [0.05, 0.1) is 13.2 Å². The average molecular weight is 280 g/mol. The largest absolute Gasteiger partial charge is 0.383 e. The summed E-state index contributed by atoms with van der Waals surface area (Å²) in [4.78, 5) is 11.4. The number of hydrogen-bond acceptors (Lipinski definition) is 4. The van der Waals surface area contributed by atoms with Crippen molar-refractivity contribution >= 4 is 5.91 Å². The smallest absolute Gasteiger partial charge is 0.221 e. The molecule has 1 aromatic rings. The van der Waals surface area contributed by atoms with E-state index in [0.29, 0.717) is 32.7 Å². The number of methoxy groups -OCH3 is 2. The molecule has 0 saturated heterocycles. The highest BCUT2D eigenvalue weighted by molar-refractivity contribution is 5.76. The molecule has 0 fully saturated rings. The minimum atomic E-state index is 0.0463. The Balaban J connectivity index is 2.12. The fourth-order valence-electron chi connectivity index (χ4n) is 1.74. The molecule has 0 aromatic heterocycles. The summed E-state index contributed by atoms with van der Waals surface area (Å²) >= 11 is 0. The van der Waals surface area contributed by atoms with E-state index < -0.39 is 0 Å².